The van der Waals surface area contributed by atoms with E-state index in [4.69, 9.17) is 21.1 Å². The Labute approximate surface area is 166 Å². The number of esters is 1. The number of aryl methyl sites for hydroxylation is 3. The van der Waals surface area contributed by atoms with Crippen LogP contribution in [0.2, 0.25) is 5.02 Å². The molecule has 0 atom stereocenters. The van der Waals surface area contributed by atoms with Gasteiger partial charge in [-0.1, -0.05) is 29.3 Å². The van der Waals surface area contributed by atoms with Crippen molar-refractivity contribution >= 4 is 34.9 Å². The molecule has 0 fully saturated rings. The Kier molecular flexibility index (Phi) is 6.94. The van der Waals surface area contributed by atoms with Gasteiger partial charge in [-0.05, 0) is 44.0 Å². The van der Waals surface area contributed by atoms with Gasteiger partial charge in [0.25, 0.3) is 11.6 Å². The van der Waals surface area contributed by atoms with Gasteiger partial charge in [-0.15, -0.1) is 0 Å². The highest BCUT2D eigenvalue weighted by Crippen LogP contribution is 2.27. The zero-order valence-corrected chi connectivity index (χ0v) is 16.3. The first-order valence-corrected chi connectivity index (χ1v) is 8.65. The summed E-state index contributed by atoms with van der Waals surface area (Å²) in [6.07, 6.45) is 0. The number of carbonyl (C=O) groups excluding carboxylic acids is 2. The van der Waals surface area contributed by atoms with Crippen LogP contribution in [0.1, 0.15) is 16.7 Å². The third-order valence-electron chi connectivity index (χ3n) is 3.73. The second kappa shape index (κ2) is 9.18. The molecule has 0 unspecified atom stereocenters. The van der Waals surface area contributed by atoms with Crippen LogP contribution in [-0.2, 0) is 14.3 Å². The number of hydrogen-bond acceptors (Lipinski definition) is 6. The van der Waals surface area contributed by atoms with Crippen LogP contribution in [0.4, 0.5) is 11.4 Å². The molecule has 1 amide bonds. The normalized spacial score (nSPS) is 10.3. The average molecular weight is 407 g/mol. The summed E-state index contributed by atoms with van der Waals surface area (Å²) in [5.74, 6) is -0.870. The second-order valence-corrected chi connectivity index (χ2v) is 6.58. The number of rotatable bonds is 7. The minimum Gasteiger partial charge on any atom is -0.481 e. The Morgan fingerprint density at radius 3 is 2.36 bits per heavy atom. The summed E-state index contributed by atoms with van der Waals surface area (Å²) in [7, 11) is 0. The highest BCUT2D eigenvalue weighted by Gasteiger charge is 2.17. The smallest absolute Gasteiger partial charge is 0.344 e. The number of nitro benzene ring substituents is 1. The van der Waals surface area contributed by atoms with Crippen molar-refractivity contribution in [3.05, 3.63) is 62.2 Å². The first kappa shape index (κ1) is 21.2. The summed E-state index contributed by atoms with van der Waals surface area (Å²) >= 11 is 5.72. The minimum absolute atomic E-state index is 0.0439. The molecule has 0 saturated heterocycles. The third kappa shape index (κ3) is 5.68. The first-order valence-electron chi connectivity index (χ1n) is 8.27. The number of anilines is 1. The van der Waals surface area contributed by atoms with Crippen molar-refractivity contribution < 1.29 is 24.0 Å². The van der Waals surface area contributed by atoms with Gasteiger partial charge in [-0.3, -0.25) is 14.9 Å². The van der Waals surface area contributed by atoms with Crippen molar-refractivity contribution in [1.29, 1.82) is 0 Å². The highest BCUT2D eigenvalue weighted by molar-refractivity contribution is 6.31. The Balaban J connectivity index is 1.88. The number of halogens is 1. The van der Waals surface area contributed by atoms with Crippen molar-refractivity contribution in [2.75, 3.05) is 18.5 Å². The monoisotopic (exact) mass is 406 g/mol. The zero-order valence-electron chi connectivity index (χ0n) is 15.6. The van der Waals surface area contributed by atoms with E-state index in [0.717, 1.165) is 22.8 Å². The van der Waals surface area contributed by atoms with Crippen LogP contribution < -0.4 is 10.1 Å². The van der Waals surface area contributed by atoms with Crippen LogP contribution in [0, 0.1) is 30.9 Å². The standard InChI is InChI=1S/C19H19ClN2O6/c1-11-6-12(2)19(13(3)7-11)28-10-18(24)27-9-17(23)21-15-5-4-14(20)8-16(15)22(25)26/h4-8H,9-10H2,1-3H3,(H,21,23). The molecule has 0 aliphatic heterocycles. The van der Waals surface area contributed by atoms with Crippen molar-refractivity contribution in [3.63, 3.8) is 0 Å². The molecular formula is C19H19ClN2O6. The molecule has 0 heterocycles. The van der Waals surface area contributed by atoms with Crippen molar-refractivity contribution in [2.24, 2.45) is 0 Å². The number of amides is 1. The fourth-order valence-electron chi connectivity index (χ4n) is 2.66. The molecule has 1 N–H and O–H groups in total. The molecule has 2 aromatic carbocycles. The number of nitrogens with zero attached hydrogens (tertiary/aromatic N) is 1. The van der Waals surface area contributed by atoms with E-state index in [9.17, 15) is 19.7 Å². The summed E-state index contributed by atoms with van der Waals surface area (Å²) in [6, 6.07) is 7.67. The number of hydrogen-bond donors (Lipinski definition) is 1. The molecule has 148 valence electrons. The number of carbonyl (C=O) groups is 2. The maximum atomic E-state index is 11.9. The van der Waals surface area contributed by atoms with Gasteiger partial charge in [-0.25, -0.2) is 4.79 Å². The number of nitrogens with one attached hydrogen (secondary N) is 1. The van der Waals surface area contributed by atoms with E-state index in [1.165, 1.54) is 12.1 Å². The van der Waals surface area contributed by atoms with Crippen LogP contribution in [0.3, 0.4) is 0 Å². The molecule has 0 radical (unpaired) electrons. The van der Waals surface area contributed by atoms with Crippen molar-refractivity contribution in [1.82, 2.24) is 0 Å². The van der Waals surface area contributed by atoms with Gasteiger partial charge in [-0.2, -0.15) is 0 Å². The maximum absolute atomic E-state index is 11.9. The van der Waals surface area contributed by atoms with Crippen LogP contribution >= 0.6 is 11.6 Å². The van der Waals surface area contributed by atoms with Crippen molar-refractivity contribution in [3.8, 4) is 5.75 Å². The largest absolute Gasteiger partial charge is 0.481 e. The number of benzene rings is 2. The van der Waals surface area contributed by atoms with Crippen LogP contribution in [-0.4, -0.2) is 30.0 Å². The molecule has 8 nitrogen and oxygen atoms in total. The van der Waals surface area contributed by atoms with E-state index in [2.05, 4.69) is 5.32 Å². The van der Waals surface area contributed by atoms with E-state index >= 15 is 0 Å². The Morgan fingerprint density at radius 1 is 1.11 bits per heavy atom. The van der Waals surface area contributed by atoms with Crippen LogP contribution in [0.5, 0.6) is 5.75 Å². The molecule has 0 saturated carbocycles. The fraction of sp³-hybridized carbons (Fsp3) is 0.263. The van der Waals surface area contributed by atoms with E-state index in [-0.39, 0.29) is 23.0 Å². The summed E-state index contributed by atoms with van der Waals surface area (Å²) in [6.45, 7) is 4.73. The molecular weight excluding hydrogens is 388 g/mol. The topological polar surface area (TPSA) is 108 Å². The van der Waals surface area contributed by atoms with Crippen LogP contribution in [0.15, 0.2) is 30.3 Å². The lowest BCUT2D eigenvalue weighted by Crippen LogP contribution is -2.24. The van der Waals surface area contributed by atoms with Gasteiger partial charge in [0, 0.05) is 11.1 Å². The average Bonchev–Trinajstić information content (AvgIpc) is 2.60. The molecule has 0 bridgehead atoms. The van der Waals surface area contributed by atoms with E-state index in [1.807, 2.05) is 32.9 Å². The van der Waals surface area contributed by atoms with Gasteiger partial charge < -0.3 is 14.8 Å². The predicted molar refractivity (Wildman–Crippen MR) is 104 cm³/mol. The Morgan fingerprint density at radius 2 is 1.75 bits per heavy atom. The van der Waals surface area contributed by atoms with Crippen LogP contribution in [0.25, 0.3) is 0 Å². The van der Waals surface area contributed by atoms with E-state index in [1.54, 1.807) is 0 Å². The van der Waals surface area contributed by atoms with Gasteiger partial charge in [0.05, 0.1) is 4.92 Å². The molecule has 0 aliphatic rings. The fourth-order valence-corrected chi connectivity index (χ4v) is 2.83. The summed E-state index contributed by atoms with van der Waals surface area (Å²) in [5.41, 5.74) is 2.45. The second-order valence-electron chi connectivity index (χ2n) is 6.14. The lowest BCUT2D eigenvalue weighted by atomic mass is 10.1. The predicted octanol–water partition coefficient (Wildman–Crippen LogP) is 3.73. The van der Waals surface area contributed by atoms with Gasteiger partial charge in [0.15, 0.2) is 13.2 Å². The molecule has 28 heavy (non-hydrogen) atoms. The summed E-state index contributed by atoms with van der Waals surface area (Å²) in [5, 5.41) is 13.5. The lowest BCUT2D eigenvalue weighted by Gasteiger charge is -2.13. The van der Waals surface area contributed by atoms with Gasteiger partial charge >= 0.3 is 5.97 Å². The van der Waals surface area contributed by atoms with E-state index in [0.29, 0.717) is 5.75 Å². The van der Waals surface area contributed by atoms with Gasteiger partial charge in [0.1, 0.15) is 11.4 Å². The van der Waals surface area contributed by atoms with Crippen molar-refractivity contribution in [2.45, 2.75) is 20.8 Å². The lowest BCUT2D eigenvalue weighted by molar-refractivity contribution is -0.383. The summed E-state index contributed by atoms with van der Waals surface area (Å²) < 4.78 is 10.3. The molecule has 0 aliphatic carbocycles. The molecule has 0 aromatic heterocycles. The molecule has 2 aromatic rings. The number of nitro groups is 1. The molecule has 0 spiro atoms. The third-order valence-corrected chi connectivity index (χ3v) is 3.97. The summed E-state index contributed by atoms with van der Waals surface area (Å²) in [4.78, 5) is 34.1. The highest BCUT2D eigenvalue weighted by atomic mass is 35.5. The molecule has 9 heteroatoms. The maximum Gasteiger partial charge on any atom is 0.344 e. The minimum atomic E-state index is -0.736. The quantitative estimate of drug-likeness (QED) is 0.426. The number of ether oxygens (including phenoxy) is 2. The Bertz CT molecular complexity index is 906. The first-order chi connectivity index (χ1) is 13.2. The van der Waals surface area contributed by atoms with E-state index < -0.39 is 23.4 Å². The van der Waals surface area contributed by atoms with Gasteiger partial charge in [0.2, 0.25) is 0 Å². The Hall–Kier alpha value is -3.13. The zero-order chi connectivity index (χ0) is 20.8. The SMILES string of the molecule is Cc1cc(C)c(OCC(=O)OCC(=O)Nc2ccc(Cl)cc2[N+](=O)[O-])c(C)c1. The molecule has 2 rings (SSSR count).